The lowest BCUT2D eigenvalue weighted by molar-refractivity contribution is 0.142. The largest absolute Gasteiger partial charge is 0.352 e. The van der Waals surface area contributed by atoms with E-state index in [-0.39, 0.29) is 33.3 Å². The zero-order chi connectivity index (χ0) is 28.1. The third kappa shape index (κ3) is 5.27. The molecule has 0 aliphatic carbocycles. The minimum Gasteiger partial charge on any atom is -0.352 e. The number of pyridine rings is 1. The van der Waals surface area contributed by atoms with Crippen LogP contribution in [0.1, 0.15) is 29.2 Å². The van der Waals surface area contributed by atoms with Crippen molar-refractivity contribution in [3.63, 3.8) is 0 Å². The molecule has 0 aliphatic heterocycles. The first-order chi connectivity index (χ1) is 18.4. The average Bonchev–Trinajstić information content (AvgIpc) is 3.44. The number of nitrogens with one attached hydrogen (secondary N) is 3. The van der Waals surface area contributed by atoms with Crippen LogP contribution < -0.4 is 10.6 Å². The van der Waals surface area contributed by atoms with Crippen LogP contribution in [0, 0.1) is 20.8 Å². The van der Waals surface area contributed by atoms with Crippen LogP contribution in [0.15, 0.2) is 41.6 Å². The minimum absolute atomic E-state index is 0.00849. The summed E-state index contributed by atoms with van der Waals surface area (Å²) in [6.45, 7) is 5.52. The number of nitrogens with zero attached hydrogens (tertiary/aromatic N) is 6. The second kappa shape index (κ2) is 9.69. The zero-order valence-electron chi connectivity index (χ0n) is 21.7. The van der Waals surface area contributed by atoms with Gasteiger partial charge in [-0.3, -0.25) is 9.67 Å². The number of sulfone groups is 1. The number of aromatic amines is 1. The monoisotopic (exact) mass is 553 g/mol. The summed E-state index contributed by atoms with van der Waals surface area (Å²) in [5.41, 5.74) is 4.32. The predicted octanol–water partition coefficient (Wildman–Crippen LogP) is 4.90. The van der Waals surface area contributed by atoms with E-state index in [9.17, 15) is 17.2 Å². The number of rotatable bonds is 7. The lowest BCUT2D eigenvalue weighted by atomic mass is 10.1. The van der Waals surface area contributed by atoms with Gasteiger partial charge in [0, 0.05) is 31.1 Å². The number of imidazole rings is 1. The predicted molar refractivity (Wildman–Crippen MR) is 143 cm³/mol. The fourth-order valence-corrected chi connectivity index (χ4v) is 4.98. The van der Waals surface area contributed by atoms with Gasteiger partial charge in [0.1, 0.15) is 17.2 Å². The summed E-state index contributed by atoms with van der Waals surface area (Å²) >= 11 is 0. The number of anilines is 4. The maximum atomic E-state index is 13.5. The summed E-state index contributed by atoms with van der Waals surface area (Å²) in [6.07, 6.45) is 1.60. The molecule has 4 aromatic heterocycles. The molecule has 11 nitrogen and oxygen atoms in total. The molecule has 202 valence electrons. The van der Waals surface area contributed by atoms with Crippen LogP contribution in [-0.2, 0) is 16.9 Å². The van der Waals surface area contributed by atoms with Crippen LogP contribution in [-0.4, -0.2) is 49.4 Å². The maximum absolute atomic E-state index is 13.5. The fraction of sp³-hybridized carbons (Fsp3) is 0.240. The van der Waals surface area contributed by atoms with Gasteiger partial charge in [-0.15, -0.1) is 0 Å². The van der Waals surface area contributed by atoms with Gasteiger partial charge in [0.15, 0.2) is 21.3 Å². The number of fused-ring (bicyclic) bond motifs is 1. The standard InChI is InChI=1S/C25H25F2N9O2S/c1-12-11-36(4)35-21(12)15-6-7-16(18(8-15)39(5,37)38)30-17-9-19(31-20-10-28-13(2)14(3)29-20)32-24-22(17)33-25(34-24)23(26)27/h6-11,23H,1-5H3,(H3,29,30,31,32,33,34). The molecule has 5 aromatic rings. The molecule has 0 saturated heterocycles. The molecule has 5 rings (SSSR count). The summed E-state index contributed by atoms with van der Waals surface area (Å²) in [7, 11) is -1.93. The third-order valence-electron chi connectivity index (χ3n) is 6.06. The molecule has 0 aliphatic rings. The van der Waals surface area contributed by atoms with Gasteiger partial charge < -0.3 is 15.6 Å². The molecule has 0 amide bonds. The molecule has 0 atom stereocenters. The number of aryl methyl sites for hydroxylation is 4. The Balaban J connectivity index is 1.62. The number of halogens is 2. The van der Waals surface area contributed by atoms with Gasteiger partial charge in [0.05, 0.1) is 39.5 Å². The van der Waals surface area contributed by atoms with Crippen molar-refractivity contribution in [1.29, 1.82) is 0 Å². The molecule has 0 unspecified atom stereocenters. The quantitative estimate of drug-likeness (QED) is 0.256. The fourth-order valence-electron chi connectivity index (χ4n) is 4.12. The van der Waals surface area contributed by atoms with Gasteiger partial charge >= 0.3 is 0 Å². The summed E-state index contributed by atoms with van der Waals surface area (Å²) in [6, 6.07) is 6.42. The van der Waals surface area contributed by atoms with Gasteiger partial charge in [-0.25, -0.2) is 32.2 Å². The highest BCUT2D eigenvalue weighted by Gasteiger charge is 2.21. The van der Waals surface area contributed by atoms with Crippen molar-refractivity contribution >= 4 is 44.0 Å². The van der Waals surface area contributed by atoms with E-state index in [1.807, 2.05) is 27.0 Å². The van der Waals surface area contributed by atoms with Crippen molar-refractivity contribution in [2.75, 3.05) is 16.9 Å². The van der Waals surface area contributed by atoms with Gasteiger partial charge in [-0.05, 0) is 38.5 Å². The first-order valence-corrected chi connectivity index (χ1v) is 13.7. The first-order valence-electron chi connectivity index (χ1n) is 11.8. The molecule has 14 heteroatoms. The highest BCUT2D eigenvalue weighted by Crippen LogP contribution is 2.34. The smallest absolute Gasteiger partial charge is 0.295 e. The van der Waals surface area contributed by atoms with Gasteiger partial charge in [-0.2, -0.15) is 5.10 Å². The molecular weight excluding hydrogens is 528 g/mol. The maximum Gasteiger partial charge on any atom is 0.295 e. The van der Waals surface area contributed by atoms with Crippen molar-refractivity contribution in [2.24, 2.45) is 7.05 Å². The van der Waals surface area contributed by atoms with Gasteiger partial charge in [-0.1, -0.05) is 6.07 Å². The Labute approximate surface area is 222 Å². The van der Waals surface area contributed by atoms with E-state index in [0.717, 1.165) is 17.5 Å². The van der Waals surface area contributed by atoms with Crippen molar-refractivity contribution in [1.82, 2.24) is 34.7 Å². The van der Waals surface area contributed by atoms with Gasteiger partial charge in [0.25, 0.3) is 6.43 Å². The Morgan fingerprint density at radius 1 is 0.974 bits per heavy atom. The van der Waals surface area contributed by atoms with Gasteiger partial charge in [0.2, 0.25) is 0 Å². The van der Waals surface area contributed by atoms with Crippen LogP contribution in [0.5, 0.6) is 0 Å². The molecule has 0 spiro atoms. The third-order valence-corrected chi connectivity index (χ3v) is 7.20. The van der Waals surface area contributed by atoms with E-state index in [2.05, 4.69) is 40.7 Å². The van der Waals surface area contributed by atoms with E-state index < -0.39 is 22.1 Å². The second-order valence-electron chi connectivity index (χ2n) is 9.17. The van der Waals surface area contributed by atoms with Crippen LogP contribution in [0.2, 0.25) is 0 Å². The van der Waals surface area contributed by atoms with E-state index in [4.69, 9.17) is 0 Å². The molecule has 0 saturated carbocycles. The summed E-state index contributed by atoms with van der Waals surface area (Å²) in [5.74, 6) is 0.0954. The first kappa shape index (κ1) is 26.2. The summed E-state index contributed by atoms with van der Waals surface area (Å²) < 4.78 is 54.3. The minimum atomic E-state index is -3.71. The lowest BCUT2D eigenvalue weighted by Gasteiger charge is -2.14. The van der Waals surface area contributed by atoms with E-state index >= 15 is 0 Å². The van der Waals surface area contributed by atoms with Crippen LogP contribution in [0.4, 0.5) is 31.8 Å². The number of hydrogen-bond donors (Lipinski definition) is 3. The topological polar surface area (TPSA) is 143 Å². The molecule has 4 heterocycles. The molecule has 1 aromatic carbocycles. The highest BCUT2D eigenvalue weighted by molar-refractivity contribution is 7.90. The Bertz CT molecular complexity index is 1830. The van der Waals surface area contributed by atoms with Crippen LogP contribution >= 0.6 is 0 Å². The normalized spacial score (nSPS) is 11.9. The molecule has 0 radical (unpaired) electrons. The van der Waals surface area contributed by atoms with Crippen LogP contribution in [0.25, 0.3) is 22.4 Å². The van der Waals surface area contributed by atoms with Crippen LogP contribution in [0.3, 0.4) is 0 Å². The average molecular weight is 554 g/mol. The SMILES string of the molecule is Cc1cn(C)nc1-c1ccc(Nc2cc(Nc3cnc(C)c(C)n3)nc3[nH]c(C(F)F)nc23)c(S(C)(=O)=O)c1. The van der Waals surface area contributed by atoms with Crippen molar-refractivity contribution in [3.8, 4) is 11.3 Å². The van der Waals surface area contributed by atoms with E-state index in [1.54, 1.807) is 23.9 Å². The molecule has 0 fully saturated rings. The van der Waals surface area contributed by atoms with Crippen molar-refractivity contribution in [3.05, 3.63) is 59.4 Å². The molecular formula is C25H25F2N9O2S. The lowest BCUT2D eigenvalue weighted by Crippen LogP contribution is -2.05. The number of hydrogen-bond acceptors (Lipinski definition) is 9. The molecule has 39 heavy (non-hydrogen) atoms. The Morgan fingerprint density at radius 2 is 1.74 bits per heavy atom. The second-order valence-corrected chi connectivity index (χ2v) is 11.2. The number of benzene rings is 1. The van der Waals surface area contributed by atoms with E-state index in [0.29, 0.717) is 22.8 Å². The van der Waals surface area contributed by atoms with E-state index in [1.165, 1.54) is 18.3 Å². The molecule has 3 N–H and O–H groups in total. The number of H-pyrrole nitrogens is 1. The summed E-state index contributed by atoms with van der Waals surface area (Å²) in [4.78, 5) is 19.6. The van der Waals surface area contributed by atoms with Crippen molar-refractivity contribution in [2.45, 2.75) is 32.1 Å². The Morgan fingerprint density at radius 3 is 2.38 bits per heavy atom. The Kier molecular flexibility index (Phi) is 6.50. The summed E-state index contributed by atoms with van der Waals surface area (Å²) in [5, 5.41) is 10.5. The number of alkyl halides is 2. The van der Waals surface area contributed by atoms with Crippen molar-refractivity contribution < 1.29 is 17.2 Å². The molecule has 0 bridgehead atoms. The highest BCUT2D eigenvalue weighted by atomic mass is 32.2. The Hall–Kier alpha value is -4.46. The zero-order valence-corrected chi connectivity index (χ0v) is 22.5. The number of aromatic nitrogens is 7.